The van der Waals surface area contributed by atoms with Crippen LogP contribution in [0.4, 0.5) is 17.1 Å². The molecule has 0 saturated carbocycles. The topological polar surface area (TPSA) is 29.5 Å². The average molecular weight is 1040 g/mol. The van der Waals surface area contributed by atoms with E-state index in [9.17, 15) is 0 Å². The fourth-order valence-electron chi connectivity index (χ4n) is 15.6. The molecule has 0 saturated heterocycles. The molecule has 1 atom stereocenters. The van der Waals surface area contributed by atoms with Gasteiger partial charge in [0.05, 0.1) is 0 Å². The number of para-hydroxylation sites is 3. The van der Waals surface area contributed by atoms with E-state index < -0.39 is 0 Å². The smallest absolute Gasteiger partial charge is 0.143 e. The summed E-state index contributed by atoms with van der Waals surface area (Å²) < 4.78 is 13.6. The zero-order chi connectivity index (χ0) is 54.3. The van der Waals surface area contributed by atoms with Gasteiger partial charge in [-0.2, -0.15) is 0 Å². The first-order valence-electron chi connectivity index (χ1n) is 29.0. The molecule has 3 heteroatoms. The summed E-state index contributed by atoms with van der Waals surface area (Å²) >= 11 is 0. The highest BCUT2D eigenvalue weighted by Crippen LogP contribution is 2.60. The molecule has 2 aromatic heterocycles. The molecule has 1 unspecified atom stereocenters. The maximum atomic E-state index is 7.06. The van der Waals surface area contributed by atoms with Crippen LogP contribution in [0.5, 0.6) is 0 Å². The molecule has 17 rings (SSSR count). The van der Waals surface area contributed by atoms with Crippen LogP contribution >= 0.6 is 0 Å². The largest absolute Gasteiger partial charge is 0.456 e. The van der Waals surface area contributed by atoms with Crippen LogP contribution in [0.2, 0.25) is 0 Å². The SMILES string of the molecule is CC1(C)c2cc(N(c3ccccc3)c3ccc4c(c3)C(C)(C)c3cc(-c5ccc6c(c5)-c5ccccc5C(Cc5ccccc5)C6)c5oc6ccccc6c5c3-4)ccc2-c2cc3c(cc21)-c1c(ccc2oc4ccccc4c12)C3(C)C. The van der Waals surface area contributed by atoms with Crippen LogP contribution in [0.15, 0.2) is 227 Å². The van der Waals surface area contributed by atoms with Crippen molar-refractivity contribution in [2.45, 2.75) is 76.5 Å². The number of hydrogen-bond acceptors (Lipinski definition) is 3. The van der Waals surface area contributed by atoms with Gasteiger partial charge < -0.3 is 13.7 Å². The Bertz CT molecular complexity index is 4850. The molecule has 0 bridgehead atoms. The summed E-state index contributed by atoms with van der Waals surface area (Å²) in [6.07, 6.45) is 2.03. The predicted octanol–water partition coefficient (Wildman–Crippen LogP) is 21.1. The second kappa shape index (κ2) is 16.5. The number of rotatable bonds is 6. The lowest BCUT2D eigenvalue weighted by molar-refractivity contribution is 0.651. The van der Waals surface area contributed by atoms with E-state index in [4.69, 9.17) is 8.83 Å². The summed E-state index contributed by atoms with van der Waals surface area (Å²) in [6.45, 7) is 14.5. The molecule has 13 aromatic rings. The van der Waals surface area contributed by atoms with Crippen molar-refractivity contribution in [1.29, 1.82) is 0 Å². The van der Waals surface area contributed by atoms with Crippen molar-refractivity contribution in [3.8, 4) is 55.6 Å². The zero-order valence-corrected chi connectivity index (χ0v) is 46.5. The maximum absolute atomic E-state index is 7.06. The highest BCUT2D eigenvalue weighted by Gasteiger charge is 2.44. The molecule has 0 amide bonds. The second-order valence-corrected chi connectivity index (χ2v) is 25.1. The van der Waals surface area contributed by atoms with Crippen molar-refractivity contribution in [3.63, 3.8) is 0 Å². The Morgan fingerprint density at radius 1 is 0.383 bits per heavy atom. The van der Waals surface area contributed by atoms with Gasteiger partial charge in [0.2, 0.25) is 0 Å². The molecule has 3 nitrogen and oxygen atoms in total. The minimum absolute atomic E-state index is 0.177. The van der Waals surface area contributed by atoms with E-state index in [2.05, 4.69) is 265 Å². The number of fused-ring (bicyclic) bond motifs is 20. The second-order valence-electron chi connectivity index (χ2n) is 25.1. The number of anilines is 3. The van der Waals surface area contributed by atoms with Crippen molar-refractivity contribution in [1.82, 2.24) is 0 Å². The van der Waals surface area contributed by atoms with Crippen molar-refractivity contribution < 1.29 is 8.83 Å². The molecule has 11 aromatic carbocycles. The molecule has 388 valence electrons. The molecule has 0 spiro atoms. The quantitative estimate of drug-likeness (QED) is 0.166. The van der Waals surface area contributed by atoms with Crippen molar-refractivity contribution >= 4 is 60.9 Å². The third kappa shape index (κ3) is 6.46. The van der Waals surface area contributed by atoms with Crippen molar-refractivity contribution in [2.75, 3.05) is 4.90 Å². The van der Waals surface area contributed by atoms with E-state index in [-0.39, 0.29) is 16.2 Å². The average Bonchev–Trinajstić information content (AvgIpc) is 2.82. The molecule has 0 aliphatic heterocycles. The van der Waals surface area contributed by atoms with Crippen LogP contribution in [0.1, 0.15) is 97.5 Å². The normalized spacial score (nSPS) is 16.2. The van der Waals surface area contributed by atoms with Gasteiger partial charge in [-0.1, -0.05) is 181 Å². The maximum Gasteiger partial charge on any atom is 0.143 e. The van der Waals surface area contributed by atoms with Gasteiger partial charge in [-0.15, -0.1) is 0 Å². The van der Waals surface area contributed by atoms with Crippen molar-refractivity contribution in [2.24, 2.45) is 0 Å². The Morgan fingerprint density at radius 2 is 0.963 bits per heavy atom. The summed E-state index contributed by atoms with van der Waals surface area (Å²) in [5.41, 5.74) is 31.5. The lowest BCUT2D eigenvalue weighted by Crippen LogP contribution is -2.18. The molecule has 2 heterocycles. The standard InChI is InChI=1S/C78H59NO2/c1-76(2)62-35-36-70-73(56-25-15-17-27-68(56)80-70)72(62)61-44-65-60(43-66(61)76)54-33-31-50(40-63(54)77(65,3)4)79(49-21-11-8-12-22-49)51-32-34-55-64(41-51)78(5,6)67-42-59(75-74(71(55)67)57-26-16-18-28-69(57)81-75)47-30-29-46-38-48(37-45-19-9-7-10-20-45)52-23-13-14-24-53(52)58(46)39-47/h7-36,39-44,48H,37-38H2,1-6H3. The van der Waals surface area contributed by atoms with E-state index in [0.717, 1.165) is 63.2 Å². The monoisotopic (exact) mass is 1040 g/mol. The lowest BCUT2D eigenvalue weighted by Gasteiger charge is -2.30. The number of benzene rings is 11. The van der Waals surface area contributed by atoms with Crippen LogP contribution in [0, 0.1) is 0 Å². The van der Waals surface area contributed by atoms with Crippen LogP contribution in [-0.4, -0.2) is 0 Å². The van der Waals surface area contributed by atoms with Gasteiger partial charge >= 0.3 is 0 Å². The molecule has 0 radical (unpaired) electrons. The minimum atomic E-state index is -0.335. The van der Waals surface area contributed by atoms with E-state index >= 15 is 0 Å². The van der Waals surface area contributed by atoms with Gasteiger partial charge in [0.1, 0.15) is 22.3 Å². The third-order valence-corrected chi connectivity index (χ3v) is 19.7. The summed E-state index contributed by atoms with van der Waals surface area (Å²) in [5, 5.41) is 4.75. The van der Waals surface area contributed by atoms with Gasteiger partial charge in [0.15, 0.2) is 0 Å². The number of furan rings is 2. The molecular formula is C78H59NO2. The molecule has 81 heavy (non-hydrogen) atoms. The Labute approximate surface area is 472 Å². The van der Waals surface area contributed by atoms with Crippen molar-refractivity contribution in [3.05, 3.63) is 268 Å². The van der Waals surface area contributed by atoms with Crippen LogP contribution in [-0.2, 0) is 29.1 Å². The van der Waals surface area contributed by atoms with Crippen LogP contribution < -0.4 is 4.90 Å². The number of nitrogens with zero attached hydrogens (tertiary/aromatic N) is 1. The fourth-order valence-corrected chi connectivity index (χ4v) is 15.6. The first kappa shape index (κ1) is 46.7. The Balaban J connectivity index is 0.784. The summed E-state index contributed by atoms with van der Waals surface area (Å²) in [5.74, 6) is 0.419. The van der Waals surface area contributed by atoms with E-state index in [1.807, 2.05) is 0 Å². The molecular weight excluding hydrogens is 983 g/mol. The van der Waals surface area contributed by atoms with Gasteiger partial charge in [0.25, 0.3) is 0 Å². The fraction of sp³-hybridized carbons (Fsp3) is 0.154. The van der Waals surface area contributed by atoms with Gasteiger partial charge in [0, 0.05) is 60.4 Å². The lowest BCUT2D eigenvalue weighted by atomic mass is 9.75. The van der Waals surface area contributed by atoms with Gasteiger partial charge in [-0.25, -0.2) is 0 Å². The van der Waals surface area contributed by atoms with Gasteiger partial charge in [-0.05, 0) is 198 Å². The van der Waals surface area contributed by atoms with E-state index in [1.165, 1.54) is 116 Å². The minimum Gasteiger partial charge on any atom is -0.456 e. The van der Waals surface area contributed by atoms with E-state index in [1.54, 1.807) is 0 Å². The van der Waals surface area contributed by atoms with Crippen LogP contribution in [0.25, 0.3) is 99.5 Å². The summed E-state index contributed by atoms with van der Waals surface area (Å²) in [6, 6.07) is 81.8. The third-order valence-electron chi connectivity index (χ3n) is 19.7. The molecule has 0 N–H and O–H groups in total. The molecule has 4 aliphatic rings. The highest BCUT2D eigenvalue weighted by molar-refractivity contribution is 6.19. The van der Waals surface area contributed by atoms with Gasteiger partial charge in [-0.3, -0.25) is 0 Å². The Hall–Kier alpha value is -9.18. The Morgan fingerprint density at radius 3 is 1.74 bits per heavy atom. The summed E-state index contributed by atoms with van der Waals surface area (Å²) in [4.78, 5) is 2.47. The molecule has 0 fully saturated rings. The first-order valence-corrected chi connectivity index (χ1v) is 29.0. The zero-order valence-electron chi connectivity index (χ0n) is 46.5. The highest BCUT2D eigenvalue weighted by atomic mass is 16.3. The van der Waals surface area contributed by atoms with E-state index in [0.29, 0.717) is 5.92 Å². The predicted molar refractivity (Wildman–Crippen MR) is 336 cm³/mol. The van der Waals surface area contributed by atoms with Crippen LogP contribution in [0.3, 0.4) is 0 Å². The Kier molecular flexibility index (Phi) is 9.49. The molecule has 4 aliphatic carbocycles. The summed E-state index contributed by atoms with van der Waals surface area (Å²) in [7, 11) is 0. The number of hydrogen-bond donors (Lipinski definition) is 0. The first-order chi connectivity index (χ1) is 39.4.